The van der Waals surface area contributed by atoms with E-state index in [1.165, 1.54) is 44.0 Å². The van der Waals surface area contributed by atoms with Gasteiger partial charge in [0.2, 0.25) is 0 Å². The zero-order valence-electron chi connectivity index (χ0n) is 12.4. The van der Waals surface area contributed by atoms with Crippen molar-refractivity contribution >= 4 is 5.69 Å². The Bertz CT molecular complexity index is 370. The first-order valence-electron chi connectivity index (χ1n) is 7.60. The van der Waals surface area contributed by atoms with Crippen molar-refractivity contribution in [2.24, 2.45) is 0 Å². The summed E-state index contributed by atoms with van der Waals surface area (Å²) in [5.74, 6) is 0. The summed E-state index contributed by atoms with van der Waals surface area (Å²) in [4.78, 5) is 5.09. The third kappa shape index (κ3) is 4.22. The lowest BCUT2D eigenvalue weighted by Crippen LogP contribution is -2.47. The predicted molar refractivity (Wildman–Crippen MR) is 82.9 cm³/mol. The van der Waals surface area contributed by atoms with Gasteiger partial charge >= 0.3 is 0 Å². The van der Waals surface area contributed by atoms with Gasteiger partial charge in [-0.3, -0.25) is 4.90 Å². The molecule has 3 nitrogen and oxygen atoms in total. The average molecular weight is 261 g/mol. The Balaban J connectivity index is 1.72. The molecule has 1 saturated heterocycles. The zero-order valence-corrected chi connectivity index (χ0v) is 12.4. The fourth-order valence-electron chi connectivity index (χ4n) is 2.68. The van der Waals surface area contributed by atoms with E-state index in [1.807, 2.05) is 0 Å². The van der Waals surface area contributed by atoms with Crippen LogP contribution in [-0.2, 0) is 6.42 Å². The van der Waals surface area contributed by atoms with Gasteiger partial charge in [-0.1, -0.05) is 32.0 Å². The van der Waals surface area contributed by atoms with Crippen molar-refractivity contribution in [2.45, 2.75) is 20.3 Å². The molecule has 3 heteroatoms. The molecule has 0 aliphatic carbocycles. The average Bonchev–Trinajstić information content (AvgIpc) is 2.48. The summed E-state index contributed by atoms with van der Waals surface area (Å²) in [6.45, 7) is 12.7. The first kappa shape index (κ1) is 14.4. The van der Waals surface area contributed by atoms with Gasteiger partial charge in [-0.05, 0) is 24.6 Å². The first-order valence-corrected chi connectivity index (χ1v) is 7.60. The van der Waals surface area contributed by atoms with Crippen molar-refractivity contribution in [2.75, 3.05) is 51.1 Å². The van der Waals surface area contributed by atoms with E-state index >= 15 is 0 Å². The Morgan fingerprint density at radius 1 is 1.00 bits per heavy atom. The van der Waals surface area contributed by atoms with Crippen molar-refractivity contribution in [1.29, 1.82) is 0 Å². The standard InChI is InChI=1S/C16H27N3/c1-3-15-7-5-6-8-16(15)17-9-10-19-13-11-18(4-2)12-14-19/h5-8,17H,3-4,9-14H2,1-2H3. The first-order chi connectivity index (χ1) is 9.33. The third-order valence-corrected chi connectivity index (χ3v) is 4.05. The molecular formula is C16H27N3. The van der Waals surface area contributed by atoms with E-state index in [1.54, 1.807) is 0 Å². The van der Waals surface area contributed by atoms with Crippen molar-refractivity contribution in [3.63, 3.8) is 0 Å². The van der Waals surface area contributed by atoms with Crippen LogP contribution >= 0.6 is 0 Å². The van der Waals surface area contributed by atoms with Crippen LogP contribution in [0.15, 0.2) is 24.3 Å². The van der Waals surface area contributed by atoms with Crippen LogP contribution in [0.2, 0.25) is 0 Å². The second-order valence-electron chi connectivity index (χ2n) is 5.21. The Labute approximate surface area is 117 Å². The number of anilines is 1. The van der Waals surface area contributed by atoms with Gasteiger partial charge in [-0.15, -0.1) is 0 Å². The summed E-state index contributed by atoms with van der Waals surface area (Å²) in [6, 6.07) is 8.63. The van der Waals surface area contributed by atoms with Crippen LogP contribution in [0.4, 0.5) is 5.69 Å². The number of hydrogen-bond acceptors (Lipinski definition) is 3. The molecule has 1 fully saturated rings. The zero-order chi connectivity index (χ0) is 13.5. The van der Waals surface area contributed by atoms with Crippen LogP contribution in [-0.4, -0.2) is 55.6 Å². The summed E-state index contributed by atoms with van der Waals surface area (Å²) in [5, 5.41) is 3.58. The van der Waals surface area contributed by atoms with E-state index in [2.05, 4.69) is 53.2 Å². The van der Waals surface area contributed by atoms with Gasteiger partial charge in [0.1, 0.15) is 0 Å². The van der Waals surface area contributed by atoms with Crippen LogP contribution in [0.1, 0.15) is 19.4 Å². The molecule has 0 amide bonds. The van der Waals surface area contributed by atoms with Crippen molar-refractivity contribution in [3.05, 3.63) is 29.8 Å². The number of hydrogen-bond donors (Lipinski definition) is 1. The molecule has 0 atom stereocenters. The van der Waals surface area contributed by atoms with Gasteiger partial charge in [-0.2, -0.15) is 0 Å². The number of aryl methyl sites for hydroxylation is 1. The molecule has 1 aromatic rings. The van der Waals surface area contributed by atoms with E-state index in [-0.39, 0.29) is 0 Å². The Morgan fingerprint density at radius 2 is 1.68 bits per heavy atom. The van der Waals surface area contributed by atoms with E-state index in [4.69, 9.17) is 0 Å². The molecule has 1 aliphatic heterocycles. The molecule has 0 aromatic heterocycles. The van der Waals surface area contributed by atoms with Gasteiger partial charge in [0.05, 0.1) is 0 Å². The van der Waals surface area contributed by atoms with Gasteiger partial charge in [-0.25, -0.2) is 0 Å². The molecule has 19 heavy (non-hydrogen) atoms. The van der Waals surface area contributed by atoms with E-state index in [9.17, 15) is 0 Å². The van der Waals surface area contributed by atoms with E-state index in [0.29, 0.717) is 0 Å². The molecule has 1 N–H and O–H groups in total. The molecule has 1 heterocycles. The topological polar surface area (TPSA) is 18.5 Å². The lowest BCUT2D eigenvalue weighted by atomic mass is 10.1. The highest BCUT2D eigenvalue weighted by Gasteiger charge is 2.14. The quantitative estimate of drug-likeness (QED) is 0.847. The van der Waals surface area contributed by atoms with Crippen LogP contribution in [0.3, 0.4) is 0 Å². The molecule has 1 aromatic carbocycles. The number of para-hydroxylation sites is 1. The Hall–Kier alpha value is -1.06. The normalized spacial score (nSPS) is 17.6. The SMILES string of the molecule is CCc1ccccc1NCCN1CCN(CC)CC1. The lowest BCUT2D eigenvalue weighted by molar-refractivity contribution is 0.141. The Kier molecular flexibility index (Phi) is 5.67. The number of piperazine rings is 1. The van der Waals surface area contributed by atoms with Gasteiger partial charge < -0.3 is 10.2 Å². The highest BCUT2D eigenvalue weighted by atomic mass is 15.3. The molecule has 1 aliphatic rings. The smallest absolute Gasteiger partial charge is 0.0373 e. The summed E-state index contributed by atoms with van der Waals surface area (Å²) in [6.07, 6.45) is 1.10. The third-order valence-electron chi connectivity index (χ3n) is 4.05. The number of nitrogens with one attached hydrogen (secondary N) is 1. The van der Waals surface area contributed by atoms with Gasteiger partial charge in [0.25, 0.3) is 0 Å². The van der Waals surface area contributed by atoms with Crippen molar-refractivity contribution in [3.8, 4) is 0 Å². The molecule has 0 bridgehead atoms. The number of rotatable bonds is 6. The number of likely N-dealkylation sites (N-methyl/N-ethyl adjacent to an activating group) is 1. The summed E-state index contributed by atoms with van der Waals surface area (Å²) < 4.78 is 0. The van der Waals surface area contributed by atoms with Crippen molar-refractivity contribution < 1.29 is 0 Å². The van der Waals surface area contributed by atoms with Crippen molar-refractivity contribution in [1.82, 2.24) is 9.80 Å². The summed E-state index contributed by atoms with van der Waals surface area (Å²) >= 11 is 0. The highest BCUT2D eigenvalue weighted by molar-refractivity contribution is 5.50. The Morgan fingerprint density at radius 3 is 2.37 bits per heavy atom. The maximum absolute atomic E-state index is 3.58. The van der Waals surface area contributed by atoms with E-state index in [0.717, 1.165) is 19.5 Å². The van der Waals surface area contributed by atoms with Gasteiger partial charge in [0, 0.05) is 45.0 Å². The molecule has 106 valence electrons. The fourth-order valence-corrected chi connectivity index (χ4v) is 2.68. The van der Waals surface area contributed by atoms with Crippen LogP contribution < -0.4 is 5.32 Å². The summed E-state index contributed by atoms with van der Waals surface area (Å²) in [7, 11) is 0. The molecule has 0 unspecified atom stereocenters. The molecular weight excluding hydrogens is 234 g/mol. The second kappa shape index (κ2) is 7.51. The molecule has 0 saturated carbocycles. The number of nitrogens with zero attached hydrogens (tertiary/aromatic N) is 2. The van der Waals surface area contributed by atoms with Crippen LogP contribution in [0, 0.1) is 0 Å². The maximum atomic E-state index is 3.58. The lowest BCUT2D eigenvalue weighted by Gasteiger charge is -2.34. The number of benzene rings is 1. The largest absolute Gasteiger partial charge is 0.384 e. The minimum atomic E-state index is 1.04. The van der Waals surface area contributed by atoms with E-state index < -0.39 is 0 Å². The minimum absolute atomic E-state index is 1.04. The summed E-state index contributed by atoms with van der Waals surface area (Å²) in [5.41, 5.74) is 2.72. The monoisotopic (exact) mass is 261 g/mol. The predicted octanol–water partition coefficient (Wildman–Crippen LogP) is 2.30. The fraction of sp³-hybridized carbons (Fsp3) is 0.625. The van der Waals surface area contributed by atoms with Crippen LogP contribution in [0.5, 0.6) is 0 Å². The molecule has 2 rings (SSSR count). The minimum Gasteiger partial charge on any atom is -0.384 e. The van der Waals surface area contributed by atoms with Crippen LogP contribution in [0.25, 0.3) is 0 Å². The molecule has 0 spiro atoms. The molecule has 0 radical (unpaired) electrons. The second-order valence-corrected chi connectivity index (χ2v) is 5.21. The highest BCUT2D eigenvalue weighted by Crippen LogP contribution is 2.14. The van der Waals surface area contributed by atoms with Gasteiger partial charge in [0.15, 0.2) is 0 Å². The maximum Gasteiger partial charge on any atom is 0.0373 e.